The van der Waals surface area contributed by atoms with Crippen LogP contribution in [0.4, 0.5) is 14.5 Å². The molecule has 2 rings (SSSR count). The Balaban J connectivity index is 2.52. The average molecular weight is 304 g/mol. The minimum atomic E-state index is -0.933. The van der Waals surface area contributed by atoms with Gasteiger partial charge in [-0.3, -0.25) is 4.79 Å². The van der Waals surface area contributed by atoms with E-state index in [0.717, 1.165) is 25.3 Å². The summed E-state index contributed by atoms with van der Waals surface area (Å²) < 4.78 is 27.5. The number of piperidine rings is 1. The summed E-state index contributed by atoms with van der Waals surface area (Å²) in [5.74, 6) is -1.86. The molecule has 0 bridgehead atoms. The molecule has 1 saturated heterocycles. The Labute approximate surface area is 107 Å². The molecular formula is C12H12BrF2NO. The Morgan fingerprint density at radius 1 is 1.24 bits per heavy atom. The van der Waals surface area contributed by atoms with E-state index in [0.29, 0.717) is 23.8 Å². The number of halogens is 3. The first kappa shape index (κ1) is 12.5. The van der Waals surface area contributed by atoms with Crippen LogP contribution in [0.2, 0.25) is 0 Å². The van der Waals surface area contributed by atoms with Crippen molar-refractivity contribution in [2.45, 2.75) is 19.3 Å². The van der Waals surface area contributed by atoms with Crippen LogP contribution >= 0.6 is 15.9 Å². The quantitative estimate of drug-likeness (QED) is 0.615. The second-order valence-electron chi connectivity index (χ2n) is 4.08. The van der Waals surface area contributed by atoms with Crippen molar-refractivity contribution in [1.82, 2.24) is 0 Å². The Morgan fingerprint density at radius 3 is 2.47 bits per heavy atom. The largest absolute Gasteiger partial charge is 0.368 e. The van der Waals surface area contributed by atoms with Gasteiger partial charge in [0.05, 0.1) is 11.3 Å². The lowest BCUT2D eigenvalue weighted by Gasteiger charge is -2.30. The molecule has 1 fully saturated rings. The van der Waals surface area contributed by atoms with Gasteiger partial charge in [0.25, 0.3) is 0 Å². The van der Waals surface area contributed by atoms with Crippen LogP contribution in [0.15, 0.2) is 10.5 Å². The number of aldehydes is 1. The fourth-order valence-electron chi connectivity index (χ4n) is 2.14. The van der Waals surface area contributed by atoms with Crippen molar-refractivity contribution in [3.8, 4) is 0 Å². The van der Waals surface area contributed by atoms with Crippen LogP contribution in [0.3, 0.4) is 0 Å². The van der Waals surface area contributed by atoms with Crippen LogP contribution in [0.25, 0.3) is 0 Å². The smallest absolute Gasteiger partial charge is 0.182 e. The molecule has 2 nitrogen and oxygen atoms in total. The van der Waals surface area contributed by atoms with Crippen LogP contribution in [-0.4, -0.2) is 19.4 Å². The summed E-state index contributed by atoms with van der Waals surface area (Å²) in [7, 11) is 0. The normalized spacial score (nSPS) is 16.1. The molecule has 5 heteroatoms. The van der Waals surface area contributed by atoms with E-state index in [9.17, 15) is 13.6 Å². The predicted molar refractivity (Wildman–Crippen MR) is 65.5 cm³/mol. The lowest BCUT2D eigenvalue weighted by Crippen LogP contribution is -2.31. The number of anilines is 1. The van der Waals surface area contributed by atoms with Crippen molar-refractivity contribution in [2.75, 3.05) is 18.0 Å². The minimum absolute atomic E-state index is 0.0894. The zero-order chi connectivity index (χ0) is 12.4. The summed E-state index contributed by atoms with van der Waals surface area (Å²) in [6, 6.07) is 0.993. The maximum Gasteiger partial charge on any atom is 0.182 e. The third kappa shape index (κ3) is 2.34. The van der Waals surface area contributed by atoms with Crippen molar-refractivity contribution in [3.05, 3.63) is 27.7 Å². The summed E-state index contributed by atoms with van der Waals surface area (Å²) in [6.45, 7) is 1.32. The molecule has 1 aliphatic heterocycles. The van der Waals surface area contributed by atoms with Crippen LogP contribution in [-0.2, 0) is 0 Å². The zero-order valence-electron chi connectivity index (χ0n) is 9.18. The molecule has 1 aromatic rings. The lowest BCUT2D eigenvalue weighted by atomic mass is 10.1. The molecule has 0 aliphatic carbocycles. The maximum atomic E-state index is 13.8. The molecule has 0 amide bonds. The van der Waals surface area contributed by atoms with Gasteiger partial charge in [-0.05, 0) is 41.3 Å². The predicted octanol–water partition coefficient (Wildman–Crippen LogP) is 3.53. The van der Waals surface area contributed by atoms with Gasteiger partial charge in [0, 0.05) is 17.6 Å². The molecule has 1 heterocycles. The Kier molecular flexibility index (Phi) is 3.76. The molecule has 0 aromatic heterocycles. The van der Waals surface area contributed by atoms with Gasteiger partial charge in [-0.2, -0.15) is 0 Å². The third-order valence-corrected chi connectivity index (χ3v) is 3.63. The first-order valence-corrected chi connectivity index (χ1v) is 6.32. The maximum absolute atomic E-state index is 13.8. The molecule has 17 heavy (non-hydrogen) atoms. The van der Waals surface area contributed by atoms with Gasteiger partial charge in [0.15, 0.2) is 17.9 Å². The van der Waals surface area contributed by atoms with Gasteiger partial charge < -0.3 is 4.90 Å². The number of carbonyl (C=O) groups is 1. The number of benzene rings is 1. The van der Waals surface area contributed by atoms with Crippen LogP contribution in [0, 0.1) is 11.6 Å². The molecule has 0 N–H and O–H groups in total. The fraction of sp³-hybridized carbons (Fsp3) is 0.417. The van der Waals surface area contributed by atoms with Crippen molar-refractivity contribution >= 4 is 27.9 Å². The first-order chi connectivity index (χ1) is 8.15. The highest BCUT2D eigenvalue weighted by Crippen LogP contribution is 2.33. The SMILES string of the molecule is O=Cc1c(Br)cc(F)c(F)c1N1CCCCC1. The lowest BCUT2D eigenvalue weighted by molar-refractivity contribution is 0.112. The number of hydrogen-bond acceptors (Lipinski definition) is 2. The van der Waals surface area contributed by atoms with E-state index in [1.54, 1.807) is 4.90 Å². The monoisotopic (exact) mass is 303 g/mol. The third-order valence-electron chi connectivity index (χ3n) is 2.97. The second-order valence-corrected chi connectivity index (χ2v) is 4.94. The van der Waals surface area contributed by atoms with Crippen molar-refractivity contribution < 1.29 is 13.6 Å². The highest BCUT2D eigenvalue weighted by atomic mass is 79.9. The van der Waals surface area contributed by atoms with E-state index in [-0.39, 0.29) is 11.3 Å². The van der Waals surface area contributed by atoms with Gasteiger partial charge in [0.2, 0.25) is 0 Å². The van der Waals surface area contributed by atoms with E-state index >= 15 is 0 Å². The van der Waals surface area contributed by atoms with Crippen molar-refractivity contribution in [2.24, 2.45) is 0 Å². The van der Waals surface area contributed by atoms with E-state index in [2.05, 4.69) is 15.9 Å². The Morgan fingerprint density at radius 2 is 1.88 bits per heavy atom. The fourth-order valence-corrected chi connectivity index (χ4v) is 2.62. The molecule has 0 spiro atoms. The van der Waals surface area contributed by atoms with Gasteiger partial charge in [-0.25, -0.2) is 8.78 Å². The molecule has 0 atom stereocenters. The Bertz CT molecular complexity index is 445. The average Bonchev–Trinajstić information content (AvgIpc) is 2.34. The summed E-state index contributed by atoms with van der Waals surface area (Å²) >= 11 is 3.09. The van der Waals surface area contributed by atoms with Crippen LogP contribution < -0.4 is 4.90 Å². The summed E-state index contributed by atoms with van der Waals surface area (Å²) in [6.07, 6.45) is 3.53. The van der Waals surface area contributed by atoms with E-state index < -0.39 is 11.6 Å². The Hall–Kier alpha value is -0.970. The molecular weight excluding hydrogens is 292 g/mol. The number of hydrogen-bond donors (Lipinski definition) is 0. The van der Waals surface area contributed by atoms with Gasteiger partial charge >= 0.3 is 0 Å². The highest BCUT2D eigenvalue weighted by Gasteiger charge is 2.23. The standard InChI is InChI=1S/C12H12BrF2NO/c13-9-6-10(14)11(15)12(8(9)7-17)16-4-2-1-3-5-16/h6-7H,1-5H2. The zero-order valence-corrected chi connectivity index (χ0v) is 10.8. The molecule has 1 aromatic carbocycles. The molecule has 0 unspecified atom stereocenters. The van der Waals surface area contributed by atoms with E-state index in [1.165, 1.54) is 0 Å². The van der Waals surface area contributed by atoms with Crippen LogP contribution in [0.5, 0.6) is 0 Å². The molecule has 1 aliphatic rings. The summed E-state index contributed by atoms with van der Waals surface area (Å²) in [5, 5.41) is 0. The highest BCUT2D eigenvalue weighted by molar-refractivity contribution is 9.10. The van der Waals surface area contributed by atoms with Gasteiger partial charge in [-0.1, -0.05) is 0 Å². The van der Waals surface area contributed by atoms with Gasteiger partial charge in [0.1, 0.15) is 0 Å². The molecule has 0 saturated carbocycles. The number of rotatable bonds is 2. The van der Waals surface area contributed by atoms with E-state index in [1.807, 2.05) is 0 Å². The topological polar surface area (TPSA) is 20.3 Å². The van der Waals surface area contributed by atoms with Crippen molar-refractivity contribution in [1.29, 1.82) is 0 Å². The summed E-state index contributed by atoms with van der Waals surface area (Å²) in [4.78, 5) is 12.8. The van der Waals surface area contributed by atoms with Gasteiger partial charge in [-0.15, -0.1) is 0 Å². The van der Waals surface area contributed by atoms with Crippen molar-refractivity contribution in [3.63, 3.8) is 0 Å². The number of carbonyl (C=O) groups excluding carboxylic acids is 1. The van der Waals surface area contributed by atoms with Crippen LogP contribution in [0.1, 0.15) is 29.6 Å². The first-order valence-electron chi connectivity index (χ1n) is 5.52. The molecule has 0 radical (unpaired) electrons. The minimum Gasteiger partial charge on any atom is -0.368 e. The summed E-state index contributed by atoms with van der Waals surface area (Å²) in [5.41, 5.74) is 0.275. The number of nitrogens with zero attached hydrogens (tertiary/aromatic N) is 1. The van der Waals surface area contributed by atoms with E-state index in [4.69, 9.17) is 0 Å². The molecule has 92 valence electrons. The second kappa shape index (κ2) is 5.12.